The largest absolute Gasteiger partial charge is 0.432 e. The van der Waals surface area contributed by atoms with E-state index in [1.807, 2.05) is 105 Å². The highest BCUT2D eigenvalue weighted by atomic mass is 35.5. The number of aromatic amines is 1. The predicted molar refractivity (Wildman–Crippen MR) is 215 cm³/mol. The van der Waals surface area contributed by atoms with Crippen molar-refractivity contribution in [3.05, 3.63) is 130 Å². The first-order valence-electron chi connectivity index (χ1n) is 18.8. The van der Waals surface area contributed by atoms with Crippen molar-refractivity contribution >= 4 is 59.9 Å². The Labute approximate surface area is 326 Å². The summed E-state index contributed by atoms with van der Waals surface area (Å²) >= 11 is 6.60. The van der Waals surface area contributed by atoms with Gasteiger partial charge in [0, 0.05) is 51.4 Å². The van der Waals surface area contributed by atoms with E-state index < -0.39 is 31.5 Å². The first-order valence-corrected chi connectivity index (χ1v) is 22.2. The highest BCUT2D eigenvalue weighted by Gasteiger charge is 2.66. The molecule has 1 spiro atoms. The summed E-state index contributed by atoms with van der Waals surface area (Å²) in [6, 6.07) is 28.2. The Balaban J connectivity index is 1.03. The van der Waals surface area contributed by atoms with Crippen molar-refractivity contribution in [2.45, 2.75) is 75.7 Å². The predicted octanol–water partition coefficient (Wildman–Crippen LogP) is 6.68. The van der Waals surface area contributed by atoms with E-state index in [1.54, 1.807) is 21.9 Å². The van der Waals surface area contributed by atoms with E-state index in [2.05, 4.69) is 10.3 Å². The molecule has 4 aromatic carbocycles. The van der Waals surface area contributed by atoms with E-state index in [9.17, 15) is 24.3 Å². The van der Waals surface area contributed by atoms with Crippen LogP contribution in [0, 0.1) is 5.92 Å². The number of H-pyrrole nitrogens is 1. The molecule has 0 aliphatic carbocycles. The van der Waals surface area contributed by atoms with Crippen LogP contribution in [0.5, 0.6) is 0 Å². The summed E-state index contributed by atoms with van der Waals surface area (Å²) in [6.45, 7) is 6.03. The van der Waals surface area contributed by atoms with Gasteiger partial charge in [-0.1, -0.05) is 73.1 Å². The summed E-state index contributed by atoms with van der Waals surface area (Å²) in [7, 11) is -3.04. The summed E-state index contributed by atoms with van der Waals surface area (Å²) in [6.07, 6.45) is 1.85. The molecule has 5 atom stereocenters. The number of aromatic nitrogens is 1. The first-order chi connectivity index (χ1) is 26.4. The Hall–Kier alpha value is -4.78. The molecule has 4 N–H and O–H groups in total. The number of fused-ring (bicyclic) bond motifs is 4. The number of aliphatic hydroxyl groups is 1. The van der Waals surface area contributed by atoms with Crippen LogP contribution in [0.15, 0.2) is 97.2 Å². The molecule has 0 saturated carbocycles. The van der Waals surface area contributed by atoms with Gasteiger partial charge >= 0.3 is 0 Å². The molecular weight excluding hydrogens is 732 g/mol. The van der Waals surface area contributed by atoms with E-state index in [-0.39, 0.29) is 49.8 Å². The second kappa shape index (κ2) is 14.4. The van der Waals surface area contributed by atoms with Gasteiger partial charge in [0.05, 0.1) is 43.8 Å². The Bertz CT molecular complexity index is 2290. The van der Waals surface area contributed by atoms with Gasteiger partial charge in [-0.3, -0.25) is 14.4 Å². The molecule has 10 nitrogen and oxygen atoms in total. The Morgan fingerprint density at radius 2 is 1.75 bits per heavy atom. The number of nitrogens with zero attached hydrogens (tertiary/aromatic N) is 2. The molecule has 0 unspecified atom stereocenters. The number of aliphatic hydroxyl groups excluding tert-OH is 1. The average molecular weight is 777 g/mol. The van der Waals surface area contributed by atoms with Gasteiger partial charge in [0.25, 0.3) is 5.91 Å². The van der Waals surface area contributed by atoms with Crippen LogP contribution >= 0.6 is 11.6 Å². The van der Waals surface area contributed by atoms with Gasteiger partial charge in [-0.25, -0.2) is 0 Å². The number of benzene rings is 4. The SMILES string of the molecule is C[C@H]1[C@H]([Si](C)(C)O)[C@@H](CC(=O)N2Cc3ccccc3C[C@H]2CO)O[C@]12C(=O)N(Cc1ccc(NC(=O)Cc3c[nH]c4ccccc34)cc1)c1ccc(Cl)cc12. The number of ether oxygens (including phenoxy) is 1. The summed E-state index contributed by atoms with van der Waals surface area (Å²) in [5, 5.41) is 14.7. The fraction of sp³-hybridized carbons (Fsp3) is 0.326. The van der Waals surface area contributed by atoms with E-state index in [0.717, 1.165) is 33.2 Å². The lowest BCUT2D eigenvalue weighted by Crippen LogP contribution is -2.48. The number of nitrogens with one attached hydrogen (secondary N) is 2. The molecule has 5 aromatic rings. The Morgan fingerprint density at radius 3 is 2.49 bits per heavy atom. The van der Waals surface area contributed by atoms with Gasteiger partial charge in [0.2, 0.25) is 11.8 Å². The van der Waals surface area contributed by atoms with E-state index in [0.29, 0.717) is 34.9 Å². The normalized spacial score (nSPS) is 23.3. The second-order valence-electron chi connectivity index (χ2n) is 15.7. The molecular formula is C43H45ClN4O6Si. The van der Waals surface area contributed by atoms with Gasteiger partial charge in [0.1, 0.15) is 0 Å². The molecule has 284 valence electrons. The molecule has 3 amide bonds. The fourth-order valence-corrected chi connectivity index (χ4v) is 12.0. The maximum atomic E-state index is 14.9. The lowest BCUT2D eigenvalue weighted by molar-refractivity contribution is -0.151. The van der Waals surface area contributed by atoms with Gasteiger partial charge in [0.15, 0.2) is 13.9 Å². The third-order valence-electron chi connectivity index (χ3n) is 11.8. The zero-order valence-electron chi connectivity index (χ0n) is 31.1. The monoisotopic (exact) mass is 776 g/mol. The minimum atomic E-state index is -3.04. The van der Waals surface area contributed by atoms with Gasteiger partial charge in [-0.2, -0.15) is 0 Å². The topological polar surface area (TPSA) is 135 Å². The van der Waals surface area contributed by atoms with Gasteiger partial charge in [-0.15, -0.1) is 0 Å². The average Bonchev–Trinajstić information content (AvgIpc) is 3.78. The van der Waals surface area contributed by atoms with Crippen LogP contribution in [0.25, 0.3) is 10.9 Å². The maximum absolute atomic E-state index is 14.9. The molecule has 55 heavy (non-hydrogen) atoms. The summed E-state index contributed by atoms with van der Waals surface area (Å²) < 4.78 is 6.92. The molecule has 0 bridgehead atoms. The molecule has 0 radical (unpaired) electrons. The number of carbonyl (C=O) groups is 3. The van der Waals surface area contributed by atoms with Crippen molar-refractivity contribution in [3.8, 4) is 0 Å². The Kier molecular flexibility index (Phi) is 9.71. The van der Waals surface area contributed by atoms with Crippen molar-refractivity contribution in [2.24, 2.45) is 5.92 Å². The number of anilines is 2. The molecule has 4 heterocycles. The third-order valence-corrected chi connectivity index (χ3v) is 14.6. The number of hydrogen-bond acceptors (Lipinski definition) is 6. The lowest BCUT2D eigenvalue weighted by atomic mass is 9.82. The van der Waals surface area contributed by atoms with Crippen LogP contribution in [0.4, 0.5) is 11.4 Å². The van der Waals surface area contributed by atoms with E-state index in [1.165, 1.54) is 0 Å². The summed E-state index contributed by atoms with van der Waals surface area (Å²) in [5.74, 6) is -1.07. The van der Waals surface area contributed by atoms with Gasteiger partial charge < -0.3 is 34.7 Å². The zero-order valence-corrected chi connectivity index (χ0v) is 32.8. The van der Waals surface area contributed by atoms with Gasteiger partial charge in [-0.05, 0) is 78.2 Å². The van der Waals surface area contributed by atoms with Crippen molar-refractivity contribution in [1.29, 1.82) is 0 Å². The summed E-state index contributed by atoms with van der Waals surface area (Å²) in [5.41, 5.74) is 4.90. The van der Waals surface area contributed by atoms with Crippen molar-refractivity contribution in [1.82, 2.24) is 9.88 Å². The highest BCUT2D eigenvalue weighted by molar-refractivity contribution is 6.71. The van der Waals surface area contributed by atoms with E-state index >= 15 is 0 Å². The highest BCUT2D eigenvalue weighted by Crippen LogP contribution is 2.60. The number of rotatable bonds is 9. The van der Waals surface area contributed by atoms with Crippen LogP contribution in [-0.4, -0.2) is 64.6 Å². The zero-order chi connectivity index (χ0) is 38.6. The number of amides is 3. The molecule has 1 aromatic heterocycles. The fourth-order valence-electron chi connectivity index (χ4n) is 9.27. The van der Waals surface area contributed by atoms with E-state index in [4.69, 9.17) is 16.3 Å². The quantitative estimate of drug-likeness (QED) is 0.123. The summed E-state index contributed by atoms with van der Waals surface area (Å²) in [4.78, 5) is 60.4. The molecule has 12 heteroatoms. The number of halogens is 1. The standard InChI is InChI=1S/C43H45ClN4O6Si/c1-26-41(55(2,3)53)38(21-40(51)47-24-29-9-5-4-8-28(29)18-33(47)25-49)54-43(26)35-20-31(44)14-17-37(35)48(42(43)52)23-27-12-15-32(16-13-27)46-39(50)19-30-22-45-36-11-7-6-10-34(30)36/h4-17,20,22,26,33,38,41,45,49,53H,18-19,21,23-25H2,1-3H3,(H,46,50)/t26-,33-,38+,41-,43+/m0/s1. The first kappa shape index (κ1) is 37.2. The minimum Gasteiger partial charge on any atom is -0.432 e. The van der Waals surface area contributed by atoms with Crippen LogP contribution in [0.1, 0.15) is 41.2 Å². The van der Waals surface area contributed by atoms with Crippen molar-refractivity contribution in [3.63, 3.8) is 0 Å². The van der Waals surface area contributed by atoms with Crippen LogP contribution in [0.3, 0.4) is 0 Å². The molecule has 1 saturated heterocycles. The number of hydrogen-bond donors (Lipinski definition) is 4. The lowest BCUT2D eigenvalue weighted by Gasteiger charge is -2.37. The second-order valence-corrected chi connectivity index (χ2v) is 20.1. The number of carbonyl (C=O) groups excluding carboxylic acids is 3. The van der Waals surface area contributed by atoms with Crippen molar-refractivity contribution < 1.29 is 29.0 Å². The van der Waals surface area contributed by atoms with Crippen molar-refractivity contribution in [2.75, 3.05) is 16.8 Å². The smallest absolute Gasteiger partial charge is 0.264 e. The molecule has 8 rings (SSSR count). The minimum absolute atomic E-state index is 0.0386. The third kappa shape index (κ3) is 6.67. The van der Waals surface area contributed by atoms with Crippen LogP contribution in [-0.2, 0) is 50.7 Å². The molecule has 1 fully saturated rings. The van der Waals surface area contributed by atoms with Crippen LogP contribution in [0.2, 0.25) is 23.7 Å². The molecule has 3 aliphatic rings. The Morgan fingerprint density at radius 1 is 1.02 bits per heavy atom. The maximum Gasteiger partial charge on any atom is 0.264 e. The van der Waals surface area contributed by atoms with Crippen LogP contribution < -0.4 is 10.2 Å². The number of para-hydroxylation sites is 1. The molecule has 3 aliphatic heterocycles.